The number of H-pyrrole nitrogens is 1. The van der Waals surface area contributed by atoms with Gasteiger partial charge in [0.15, 0.2) is 0 Å². The van der Waals surface area contributed by atoms with Gasteiger partial charge in [-0.15, -0.1) is 0 Å². The molecule has 5 rings (SSSR count). The van der Waals surface area contributed by atoms with Crippen LogP contribution in [0.4, 0.5) is 0 Å². The Morgan fingerprint density at radius 1 is 0.860 bits per heavy atom. The topological polar surface area (TPSA) is 77.1 Å². The molecule has 2 aromatic heterocycles. The Bertz CT molecular complexity index is 1490. The van der Waals surface area contributed by atoms with Gasteiger partial charge in [0, 0.05) is 45.0 Å². The molecule has 0 spiro atoms. The van der Waals surface area contributed by atoms with E-state index in [1.165, 1.54) is 22.2 Å². The molecule has 5 aromatic rings. The largest absolute Gasteiger partial charge is 0.497 e. The van der Waals surface area contributed by atoms with Gasteiger partial charge in [0.1, 0.15) is 18.3 Å². The average Bonchev–Trinajstić information content (AvgIpc) is 3.40. The van der Waals surface area contributed by atoms with Crippen LogP contribution in [0.1, 0.15) is 63.8 Å². The fraction of sp³-hybridized carbons (Fsp3) is 0.286. The Morgan fingerprint density at radius 2 is 1.49 bits per heavy atom. The van der Waals surface area contributed by atoms with Gasteiger partial charge in [0.05, 0.1) is 13.3 Å². The van der Waals surface area contributed by atoms with Gasteiger partial charge in [-0.1, -0.05) is 70.0 Å². The summed E-state index contributed by atoms with van der Waals surface area (Å²) in [6, 6.07) is 21.5. The van der Waals surface area contributed by atoms with Gasteiger partial charge in [-0.2, -0.15) is 0 Å². The summed E-state index contributed by atoms with van der Waals surface area (Å²) in [5.41, 5.74) is 5.00. The van der Waals surface area contributed by atoms with Crippen molar-refractivity contribution in [2.75, 3.05) is 7.11 Å². The van der Waals surface area contributed by atoms with Gasteiger partial charge >= 0.3 is 0 Å². The number of carbonyl (C=O) groups excluding carboxylic acids is 1. The molecule has 0 bridgehead atoms. The van der Waals surface area contributed by atoms with Crippen LogP contribution in [0, 0.1) is 5.92 Å². The maximum absolute atomic E-state index is 8.00. The SMILES string of the molecule is C=O.CC.CC(C)CCc1c(C(C)c2ccc(Oc3cnccn3)cc2)[nH]c2ccc(Cl)cc12.COc1ccc(Cl)cc1. The van der Waals surface area contributed by atoms with E-state index in [4.69, 9.17) is 37.5 Å². The summed E-state index contributed by atoms with van der Waals surface area (Å²) in [6.45, 7) is 12.8. The van der Waals surface area contributed by atoms with Crippen LogP contribution in [0.3, 0.4) is 0 Å². The molecule has 0 saturated carbocycles. The number of aryl methyl sites for hydroxylation is 1. The Balaban J connectivity index is 0.000000418. The van der Waals surface area contributed by atoms with Crippen molar-refractivity contribution in [3.8, 4) is 17.4 Å². The first-order valence-electron chi connectivity index (χ1n) is 14.3. The molecule has 1 N–H and O–H groups in total. The number of benzene rings is 3. The van der Waals surface area contributed by atoms with Crippen LogP contribution in [-0.4, -0.2) is 28.9 Å². The van der Waals surface area contributed by atoms with Crippen LogP contribution >= 0.6 is 23.2 Å². The van der Waals surface area contributed by atoms with Crippen molar-refractivity contribution in [1.82, 2.24) is 15.0 Å². The van der Waals surface area contributed by atoms with Crippen LogP contribution in [0.5, 0.6) is 17.4 Å². The highest BCUT2D eigenvalue weighted by atomic mass is 35.5. The lowest BCUT2D eigenvalue weighted by atomic mass is 9.91. The molecule has 6 nitrogen and oxygen atoms in total. The predicted molar refractivity (Wildman–Crippen MR) is 179 cm³/mol. The molecule has 0 fully saturated rings. The third-order valence-corrected chi connectivity index (χ3v) is 6.98. The smallest absolute Gasteiger partial charge is 0.237 e. The molecular formula is C35H41Cl2N3O3. The van der Waals surface area contributed by atoms with Crippen molar-refractivity contribution < 1.29 is 14.3 Å². The highest BCUT2D eigenvalue weighted by Gasteiger charge is 2.19. The molecule has 0 saturated heterocycles. The molecule has 3 aromatic carbocycles. The number of carbonyl (C=O) groups is 1. The van der Waals surface area contributed by atoms with E-state index < -0.39 is 0 Å². The van der Waals surface area contributed by atoms with E-state index in [9.17, 15) is 0 Å². The van der Waals surface area contributed by atoms with E-state index in [-0.39, 0.29) is 5.92 Å². The van der Waals surface area contributed by atoms with Crippen molar-refractivity contribution in [2.45, 2.75) is 53.4 Å². The minimum atomic E-state index is 0.226. The van der Waals surface area contributed by atoms with Crippen molar-refractivity contribution in [3.63, 3.8) is 0 Å². The molecule has 43 heavy (non-hydrogen) atoms. The minimum Gasteiger partial charge on any atom is -0.497 e. The fourth-order valence-electron chi connectivity index (χ4n) is 4.33. The van der Waals surface area contributed by atoms with Crippen molar-refractivity contribution in [3.05, 3.63) is 112 Å². The molecule has 0 radical (unpaired) electrons. The summed E-state index contributed by atoms with van der Waals surface area (Å²) in [6.07, 6.45) is 7.03. The zero-order chi connectivity index (χ0) is 31.8. The molecular weight excluding hydrogens is 581 g/mol. The van der Waals surface area contributed by atoms with Gasteiger partial charge in [0.25, 0.3) is 0 Å². The first-order valence-corrected chi connectivity index (χ1v) is 15.0. The molecule has 2 heterocycles. The Hall–Kier alpha value is -3.87. The van der Waals surface area contributed by atoms with E-state index in [1.54, 1.807) is 37.8 Å². The number of nitrogens with one attached hydrogen (secondary N) is 1. The van der Waals surface area contributed by atoms with Gasteiger partial charge < -0.3 is 19.3 Å². The molecule has 8 heteroatoms. The number of methoxy groups -OCH3 is 1. The highest BCUT2D eigenvalue weighted by Crippen LogP contribution is 2.35. The average molecular weight is 623 g/mol. The molecule has 1 unspecified atom stereocenters. The number of nitrogens with zero attached hydrogens (tertiary/aromatic N) is 2. The van der Waals surface area contributed by atoms with Crippen molar-refractivity contribution in [2.24, 2.45) is 5.92 Å². The number of rotatable bonds is 8. The maximum atomic E-state index is 8.00. The lowest BCUT2D eigenvalue weighted by molar-refractivity contribution is -0.0980. The monoisotopic (exact) mass is 621 g/mol. The van der Waals surface area contributed by atoms with Crippen LogP contribution in [0.25, 0.3) is 10.9 Å². The number of hydrogen-bond donors (Lipinski definition) is 1. The molecule has 0 aliphatic carbocycles. The number of fused-ring (bicyclic) bond motifs is 1. The minimum absolute atomic E-state index is 0.226. The quantitative estimate of drug-likeness (QED) is 0.186. The summed E-state index contributed by atoms with van der Waals surface area (Å²) in [7, 11) is 1.63. The van der Waals surface area contributed by atoms with Gasteiger partial charge in [-0.05, 0) is 84.5 Å². The fourth-order valence-corrected chi connectivity index (χ4v) is 4.63. The second-order valence-electron chi connectivity index (χ2n) is 9.73. The number of aromatic amines is 1. The van der Waals surface area contributed by atoms with E-state index in [0.717, 1.165) is 39.9 Å². The molecule has 228 valence electrons. The number of hydrogen-bond acceptors (Lipinski definition) is 5. The van der Waals surface area contributed by atoms with Crippen LogP contribution in [0.15, 0.2) is 85.3 Å². The second-order valence-corrected chi connectivity index (χ2v) is 10.6. The molecule has 0 aliphatic heterocycles. The van der Waals surface area contributed by atoms with E-state index in [0.29, 0.717) is 11.8 Å². The molecule has 1 atom stereocenters. The highest BCUT2D eigenvalue weighted by molar-refractivity contribution is 6.31. The van der Waals surface area contributed by atoms with Gasteiger partial charge in [-0.25, -0.2) is 4.98 Å². The van der Waals surface area contributed by atoms with Crippen LogP contribution in [-0.2, 0) is 11.2 Å². The Labute approximate surface area is 265 Å². The number of aromatic nitrogens is 3. The zero-order valence-corrected chi connectivity index (χ0v) is 27.2. The zero-order valence-electron chi connectivity index (χ0n) is 25.7. The predicted octanol–water partition coefficient (Wildman–Crippen LogP) is 10.3. The van der Waals surface area contributed by atoms with Gasteiger partial charge in [-0.3, -0.25) is 4.98 Å². The molecule has 0 amide bonds. The van der Waals surface area contributed by atoms with Crippen molar-refractivity contribution >= 4 is 40.9 Å². The normalized spacial score (nSPS) is 10.8. The standard InChI is InChI=1S/C25H26ClN3O.C7H7ClO.C2H6.CH2O/c1-16(2)4-10-21-22-14-19(26)7-11-23(22)29-25(21)17(3)18-5-8-20(9-6-18)30-24-15-27-12-13-28-24;1-9-7-4-2-6(8)3-5-7;2*1-2/h5-9,11-17,29H,4,10H2,1-3H3;2-5H,1H3;1-2H3;1H2. The van der Waals surface area contributed by atoms with Crippen LogP contribution in [0.2, 0.25) is 10.0 Å². The van der Waals surface area contributed by atoms with Crippen LogP contribution < -0.4 is 9.47 Å². The summed E-state index contributed by atoms with van der Waals surface area (Å²) >= 11 is 11.9. The Kier molecular flexibility index (Phi) is 15.3. The summed E-state index contributed by atoms with van der Waals surface area (Å²) in [5.74, 6) is 2.94. The third-order valence-electron chi connectivity index (χ3n) is 6.50. The summed E-state index contributed by atoms with van der Waals surface area (Å²) in [4.78, 5) is 19.8. The maximum Gasteiger partial charge on any atom is 0.237 e. The summed E-state index contributed by atoms with van der Waals surface area (Å²) < 4.78 is 10.7. The van der Waals surface area contributed by atoms with Gasteiger partial charge in [0.2, 0.25) is 5.88 Å². The molecule has 0 aliphatic rings. The van der Waals surface area contributed by atoms with E-state index in [1.807, 2.05) is 51.0 Å². The Morgan fingerprint density at radius 3 is 2.07 bits per heavy atom. The first kappa shape index (κ1) is 35.3. The summed E-state index contributed by atoms with van der Waals surface area (Å²) in [5, 5.41) is 2.74. The van der Waals surface area contributed by atoms with Crippen molar-refractivity contribution in [1.29, 1.82) is 0 Å². The lowest BCUT2D eigenvalue weighted by Crippen LogP contribution is -2.02. The second kappa shape index (κ2) is 18.6. The third kappa shape index (κ3) is 10.7. The van der Waals surface area contributed by atoms with E-state index >= 15 is 0 Å². The number of halogens is 2. The number of ether oxygens (including phenoxy) is 2. The first-order chi connectivity index (χ1) is 20.8. The van der Waals surface area contributed by atoms with E-state index in [2.05, 4.69) is 60.0 Å². The lowest BCUT2D eigenvalue weighted by Gasteiger charge is -2.15.